The van der Waals surface area contributed by atoms with Crippen molar-refractivity contribution < 1.29 is 18.3 Å². The number of benzene rings is 1. The van der Waals surface area contributed by atoms with Gasteiger partial charge in [0.15, 0.2) is 0 Å². The van der Waals surface area contributed by atoms with Crippen molar-refractivity contribution in [3.63, 3.8) is 0 Å². The number of aliphatic hydroxyl groups is 1. The summed E-state index contributed by atoms with van der Waals surface area (Å²) in [5.41, 5.74) is -1.31. The van der Waals surface area contributed by atoms with E-state index in [1.807, 2.05) is 0 Å². The smallest absolute Gasteiger partial charge is 0.255 e. The molecule has 1 aliphatic carbocycles. The van der Waals surface area contributed by atoms with Crippen LogP contribution in [0, 0.1) is 0 Å². The average molecular weight is 375 g/mol. The van der Waals surface area contributed by atoms with E-state index in [0.717, 1.165) is 32.1 Å². The molecule has 0 aliphatic heterocycles. The van der Waals surface area contributed by atoms with Crippen molar-refractivity contribution >= 4 is 33.2 Å². The molecule has 0 heterocycles. The number of rotatable bonds is 5. The van der Waals surface area contributed by atoms with Gasteiger partial charge in [-0.05, 0) is 44.9 Å². The van der Waals surface area contributed by atoms with Crippen LogP contribution < -0.4 is 10.0 Å². The zero-order valence-corrected chi connectivity index (χ0v) is 15.4. The van der Waals surface area contributed by atoms with Crippen LogP contribution in [0.1, 0.15) is 46.0 Å². The Morgan fingerprint density at radius 3 is 2.42 bits per heavy atom. The van der Waals surface area contributed by atoms with Crippen molar-refractivity contribution in [3.8, 4) is 0 Å². The minimum Gasteiger partial charge on any atom is -0.381 e. The van der Waals surface area contributed by atoms with Gasteiger partial charge in [0.25, 0.3) is 5.91 Å². The maximum atomic E-state index is 12.4. The standard InChI is InChI=1S/C16H23ClN2O4S/c1-16(2,21)15(20)18-14-9-8-12(10-13(14)17)24(22,23)19-11-6-4-3-5-7-11/h8-11,19,21H,3-7H2,1-2H3,(H,18,20). The van der Waals surface area contributed by atoms with E-state index in [9.17, 15) is 18.3 Å². The van der Waals surface area contributed by atoms with Gasteiger partial charge in [0.2, 0.25) is 10.0 Å². The van der Waals surface area contributed by atoms with Crippen LogP contribution in [0.15, 0.2) is 23.1 Å². The number of sulfonamides is 1. The van der Waals surface area contributed by atoms with Gasteiger partial charge in [-0.3, -0.25) is 4.79 Å². The van der Waals surface area contributed by atoms with Crippen LogP contribution in [0.4, 0.5) is 5.69 Å². The lowest BCUT2D eigenvalue weighted by Crippen LogP contribution is -2.37. The molecule has 1 amide bonds. The van der Waals surface area contributed by atoms with Gasteiger partial charge in [-0.1, -0.05) is 30.9 Å². The molecule has 134 valence electrons. The lowest BCUT2D eigenvalue weighted by Gasteiger charge is -2.23. The number of nitrogens with one attached hydrogen (secondary N) is 2. The van der Waals surface area contributed by atoms with Gasteiger partial charge in [-0.15, -0.1) is 0 Å². The Morgan fingerprint density at radius 1 is 1.25 bits per heavy atom. The summed E-state index contributed by atoms with van der Waals surface area (Å²) in [4.78, 5) is 11.8. The Hall–Kier alpha value is -1.15. The number of anilines is 1. The lowest BCUT2D eigenvalue weighted by atomic mass is 9.96. The Bertz CT molecular complexity index is 707. The molecule has 1 aliphatic rings. The molecule has 0 saturated heterocycles. The fourth-order valence-corrected chi connectivity index (χ4v) is 4.17. The molecular weight excluding hydrogens is 352 g/mol. The van der Waals surface area contributed by atoms with Crippen molar-refractivity contribution in [2.45, 2.75) is 62.5 Å². The third-order valence-corrected chi connectivity index (χ3v) is 5.81. The molecule has 8 heteroatoms. The average Bonchev–Trinajstić information content (AvgIpc) is 2.48. The molecule has 0 aromatic heterocycles. The second kappa shape index (κ2) is 7.39. The number of carbonyl (C=O) groups excluding carboxylic acids is 1. The Labute approximate surface area is 147 Å². The summed E-state index contributed by atoms with van der Waals surface area (Å²) in [7, 11) is -3.65. The summed E-state index contributed by atoms with van der Waals surface area (Å²) < 4.78 is 27.6. The first-order valence-electron chi connectivity index (χ1n) is 7.95. The van der Waals surface area contributed by atoms with Gasteiger partial charge in [0, 0.05) is 6.04 Å². The van der Waals surface area contributed by atoms with Crippen LogP contribution in [-0.2, 0) is 14.8 Å². The first kappa shape index (κ1) is 19.2. The molecule has 3 N–H and O–H groups in total. The number of amides is 1. The molecule has 0 radical (unpaired) electrons. The molecule has 0 bridgehead atoms. The molecule has 0 spiro atoms. The van der Waals surface area contributed by atoms with Gasteiger partial charge < -0.3 is 10.4 Å². The zero-order chi connectivity index (χ0) is 18.0. The summed E-state index contributed by atoms with van der Waals surface area (Å²) in [6.45, 7) is 2.70. The van der Waals surface area contributed by atoms with Crippen molar-refractivity contribution in [3.05, 3.63) is 23.2 Å². The van der Waals surface area contributed by atoms with E-state index in [0.29, 0.717) is 0 Å². The predicted octanol–water partition coefficient (Wildman–Crippen LogP) is 2.66. The van der Waals surface area contributed by atoms with Gasteiger partial charge in [0.1, 0.15) is 5.60 Å². The number of carbonyl (C=O) groups is 1. The van der Waals surface area contributed by atoms with Crippen LogP contribution in [0.2, 0.25) is 5.02 Å². The highest BCUT2D eigenvalue weighted by Gasteiger charge is 2.26. The molecule has 1 saturated carbocycles. The van der Waals surface area contributed by atoms with Crippen LogP contribution in [0.3, 0.4) is 0 Å². The maximum absolute atomic E-state index is 12.4. The zero-order valence-electron chi connectivity index (χ0n) is 13.8. The van der Waals surface area contributed by atoms with Crippen LogP contribution in [-0.4, -0.2) is 31.1 Å². The Morgan fingerprint density at radius 2 is 1.88 bits per heavy atom. The lowest BCUT2D eigenvalue weighted by molar-refractivity contribution is -0.130. The molecule has 0 unspecified atom stereocenters. The second-order valence-corrected chi connectivity index (χ2v) is 8.73. The van der Waals surface area contributed by atoms with E-state index in [4.69, 9.17) is 11.6 Å². The normalized spacial score (nSPS) is 16.8. The van der Waals surface area contributed by atoms with Crippen molar-refractivity contribution in [1.82, 2.24) is 4.72 Å². The summed E-state index contributed by atoms with van der Waals surface area (Å²) in [6.07, 6.45) is 4.87. The molecule has 24 heavy (non-hydrogen) atoms. The van der Waals surface area contributed by atoms with Gasteiger partial charge in [-0.25, -0.2) is 13.1 Å². The van der Waals surface area contributed by atoms with Crippen molar-refractivity contribution in [2.24, 2.45) is 0 Å². The number of hydrogen-bond acceptors (Lipinski definition) is 4. The van der Waals surface area contributed by atoms with Gasteiger partial charge in [0.05, 0.1) is 15.6 Å². The first-order chi connectivity index (χ1) is 11.1. The van der Waals surface area contributed by atoms with E-state index in [1.165, 1.54) is 32.0 Å². The molecule has 1 fully saturated rings. The number of halogens is 1. The molecule has 1 aromatic rings. The van der Waals surface area contributed by atoms with E-state index in [1.54, 1.807) is 0 Å². The highest BCUT2D eigenvalue weighted by Crippen LogP contribution is 2.27. The molecule has 1 aromatic carbocycles. The van der Waals surface area contributed by atoms with Crippen LogP contribution in [0.25, 0.3) is 0 Å². The van der Waals surface area contributed by atoms with Gasteiger partial charge >= 0.3 is 0 Å². The Balaban J connectivity index is 2.14. The van der Waals surface area contributed by atoms with Crippen LogP contribution >= 0.6 is 11.6 Å². The minimum absolute atomic E-state index is 0.0444. The molecule has 0 atom stereocenters. The van der Waals surface area contributed by atoms with E-state index < -0.39 is 21.5 Å². The molecular formula is C16H23ClN2O4S. The molecule has 2 rings (SSSR count). The summed E-state index contributed by atoms with van der Waals surface area (Å²) >= 11 is 6.08. The van der Waals surface area contributed by atoms with E-state index in [-0.39, 0.29) is 21.6 Å². The fraction of sp³-hybridized carbons (Fsp3) is 0.562. The summed E-state index contributed by atoms with van der Waals surface area (Å²) in [5.74, 6) is -0.625. The van der Waals surface area contributed by atoms with E-state index >= 15 is 0 Å². The van der Waals surface area contributed by atoms with Crippen LogP contribution in [0.5, 0.6) is 0 Å². The largest absolute Gasteiger partial charge is 0.381 e. The highest BCUT2D eigenvalue weighted by atomic mass is 35.5. The van der Waals surface area contributed by atoms with E-state index in [2.05, 4.69) is 10.0 Å². The number of hydrogen-bond donors (Lipinski definition) is 3. The fourth-order valence-electron chi connectivity index (χ4n) is 2.55. The predicted molar refractivity (Wildman–Crippen MR) is 93.6 cm³/mol. The summed E-state index contributed by atoms with van der Waals surface area (Å²) in [5, 5.41) is 12.2. The SMILES string of the molecule is CC(C)(O)C(=O)Nc1ccc(S(=O)(=O)NC2CCCCC2)cc1Cl. The Kier molecular flexibility index (Phi) is 5.91. The third-order valence-electron chi connectivity index (χ3n) is 3.98. The van der Waals surface area contributed by atoms with Crippen molar-refractivity contribution in [1.29, 1.82) is 0 Å². The molecule has 6 nitrogen and oxygen atoms in total. The topological polar surface area (TPSA) is 95.5 Å². The van der Waals surface area contributed by atoms with Crippen molar-refractivity contribution in [2.75, 3.05) is 5.32 Å². The second-order valence-electron chi connectivity index (χ2n) is 6.61. The monoisotopic (exact) mass is 374 g/mol. The minimum atomic E-state index is -3.65. The van der Waals surface area contributed by atoms with Gasteiger partial charge in [-0.2, -0.15) is 0 Å². The highest BCUT2D eigenvalue weighted by molar-refractivity contribution is 7.89. The third kappa shape index (κ3) is 4.92. The summed E-state index contributed by atoms with van der Waals surface area (Å²) in [6, 6.07) is 4.06. The first-order valence-corrected chi connectivity index (χ1v) is 9.81. The quantitative estimate of drug-likeness (QED) is 0.738. The maximum Gasteiger partial charge on any atom is 0.255 e.